The molecule has 1 saturated heterocycles. The Morgan fingerprint density at radius 2 is 1.94 bits per heavy atom. The molecule has 1 aliphatic heterocycles. The van der Waals surface area contributed by atoms with Gasteiger partial charge in [-0.25, -0.2) is 0 Å². The molecule has 0 aromatic heterocycles. The topological polar surface area (TPSA) is 36.3 Å². The molecular weight excluding hydrogens is 200 g/mol. The molecule has 3 nitrogen and oxygen atoms in total. The number of hydrogen-bond donors (Lipinski definition) is 0. The summed E-state index contributed by atoms with van der Waals surface area (Å²) in [5, 5.41) is 9.36. The van der Waals surface area contributed by atoms with Crippen molar-refractivity contribution in [2.24, 2.45) is 5.41 Å². The van der Waals surface area contributed by atoms with Crippen molar-refractivity contribution in [2.75, 3.05) is 27.3 Å². The van der Waals surface area contributed by atoms with Crippen molar-refractivity contribution in [3.05, 3.63) is 35.9 Å². The summed E-state index contributed by atoms with van der Waals surface area (Å²) in [5.41, 5.74) is 0.794. The highest BCUT2D eigenvalue weighted by Crippen LogP contribution is 2.42. The monoisotopic (exact) mass is 216 g/mol. The Balaban J connectivity index is 2.36. The molecule has 1 heterocycles. The van der Waals surface area contributed by atoms with E-state index in [0.29, 0.717) is 13.2 Å². The van der Waals surface area contributed by atoms with E-state index in [0.717, 1.165) is 0 Å². The smallest absolute Gasteiger partial charge is 0.123 e. The summed E-state index contributed by atoms with van der Waals surface area (Å²) in [4.78, 5) is 2.10. The van der Waals surface area contributed by atoms with E-state index in [2.05, 4.69) is 23.1 Å². The Bertz CT molecular complexity index is 390. The van der Waals surface area contributed by atoms with Gasteiger partial charge in [0, 0.05) is 0 Å². The highest BCUT2D eigenvalue weighted by molar-refractivity contribution is 5.26. The van der Waals surface area contributed by atoms with Crippen LogP contribution in [-0.2, 0) is 4.74 Å². The van der Waals surface area contributed by atoms with E-state index in [1.54, 1.807) is 0 Å². The Morgan fingerprint density at radius 3 is 2.31 bits per heavy atom. The fourth-order valence-corrected chi connectivity index (χ4v) is 2.35. The molecule has 0 N–H and O–H groups in total. The Labute approximate surface area is 96.2 Å². The number of nitrogens with zero attached hydrogens (tertiary/aromatic N) is 2. The van der Waals surface area contributed by atoms with Gasteiger partial charge in [0.2, 0.25) is 0 Å². The highest BCUT2D eigenvalue weighted by atomic mass is 16.5. The number of rotatable bonds is 3. The number of ether oxygens (including phenoxy) is 1. The highest BCUT2D eigenvalue weighted by Gasteiger charge is 2.48. The van der Waals surface area contributed by atoms with Crippen LogP contribution in [0.4, 0.5) is 0 Å². The van der Waals surface area contributed by atoms with Crippen LogP contribution in [0, 0.1) is 16.7 Å². The van der Waals surface area contributed by atoms with Crippen LogP contribution in [-0.4, -0.2) is 32.2 Å². The lowest BCUT2D eigenvalue weighted by Gasteiger charge is -2.44. The third-order valence-corrected chi connectivity index (χ3v) is 3.10. The molecule has 1 atom stereocenters. The fraction of sp³-hybridized carbons (Fsp3) is 0.462. The van der Waals surface area contributed by atoms with Gasteiger partial charge < -0.3 is 9.64 Å². The van der Waals surface area contributed by atoms with Crippen LogP contribution in [0.1, 0.15) is 11.6 Å². The maximum atomic E-state index is 9.36. The third-order valence-electron chi connectivity index (χ3n) is 3.10. The van der Waals surface area contributed by atoms with Gasteiger partial charge in [-0.3, -0.25) is 0 Å². The van der Waals surface area contributed by atoms with Crippen molar-refractivity contribution in [3.8, 4) is 6.07 Å². The van der Waals surface area contributed by atoms with Gasteiger partial charge in [-0.15, -0.1) is 0 Å². The van der Waals surface area contributed by atoms with Crippen LogP contribution < -0.4 is 0 Å². The summed E-state index contributed by atoms with van der Waals surface area (Å²) in [6.45, 7) is 1.06. The van der Waals surface area contributed by atoms with Gasteiger partial charge in [-0.2, -0.15) is 5.26 Å². The zero-order chi connectivity index (χ0) is 11.6. The maximum absolute atomic E-state index is 9.36. The van der Waals surface area contributed by atoms with E-state index in [9.17, 15) is 5.26 Å². The molecule has 84 valence electrons. The first-order valence-electron chi connectivity index (χ1n) is 5.40. The lowest BCUT2D eigenvalue weighted by atomic mass is 9.76. The second-order valence-corrected chi connectivity index (χ2v) is 4.54. The zero-order valence-corrected chi connectivity index (χ0v) is 9.68. The SMILES string of the molecule is CN(C)C(c1ccccc1)C1(C#N)COC1. The summed E-state index contributed by atoms with van der Waals surface area (Å²) < 4.78 is 5.23. The second kappa shape index (κ2) is 4.25. The van der Waals surface area contributed by atoms with E-state index >= 15 is 0 Å². The molecule has 0 radical (unpaired) electrons. The predicted molar refractivity (Wildman–Crippen MR) is 61.7 cm³/mol. The molecule has 1 unspecified atom stereocenters. The third kappa shape index (κ3) is 1.71. The molecule has 2 rings (SSSR count). The molecule has 16 heavy (non-hydrogen) atoms. The standard InChI is InChI=1S/C13H16N2O/c1-15(2)12(11-6-4-3-5-7-11)13(8-14)9-16-10-13/h3-7,12H,9-10H2,1-2H3. The zero-order valence-electron chi connectivity index (χ0n) is 9.68. The molecule has 0 spiro atoms. The van der Waals surface area contributed by atoms with E-state index in [-0.39, 0.29) is 11.5 Å². The first-order chi connectivity index (χ1) is 7.69. The molecule has 0 saturated carbocycles. The van der Waals surface area contributed by atoms with Gasteiger partial charge in [0.15, 0.2) is 0 Å². The maximum Gasteiger partial charge on any atom is 0.123 e. The second-order valence-electron chi connectivity index (χ2n) is 4.54. The number of benzene rings is 1. The molecular formula is C13H16N2O. The summed E-state index contributed by atoms with van der Waals surface area (Å²) in [6, 6.07) is 12.7. The van der Waals surface area contributed by atoms with Gasteiger partial charge in [0.05, 0.1) is 25.3 Å². The van der Waals surface area contributed by atoms with E-state index in [4.69, 9.17) is 4.74 Å². The summed E-state index contributed by atoms with van der Waals surface area (Å²) in [6.07, 6.45) is 0. The Kier molecular flexibility index (Phi) is 2.95. The van der Waals surface area contributed by atoms with Crippen LogP contribution in [0.3, 0.4) is 0 Å². The van der Waals surface area contributed by atoms with E-state index in [1.807, 2.05) is 32.3 Å². The predicted octanol–water partition coefficient (Wildman–Crippen LogP) is 1.83. The molecule has 1 fully saturated rings. The lowest BCUT2D eigenvalue weighted by Crippen LogP contribution is -2.50. The van der Waals surface area contributed by atoms with Crippen molar-refractivity contribution in [3.63, 3.8) is 0 Å². The summed E-state index contributed by atoms with van der Waals surface area (Å²) in [7, 11) is 4.02. The van der Waals surface area contributed by atoms with E-state index < -0.39 is 0 Å². The van der Waals surface area contributed by atoms with Gasteiger partial charge in [0.1, 0.15) is 5.41 Å². The average molecular weight is 216 g/mol. The summed E-state index contributed by atoms with van der Waals surface area (Å²) >= 11 is 0. The molecule has 1 aliphatic rings. The fourth-order valence-electron chi connectivity index (χ4n) is 2.35. The minimum Gasteiger partial charge on any atom is -0.378 e. The average Bonchev–Trinajstić information content (AvgIpc) is 2.24. The molecule has 3 heteroatoms. The molecule has 1 aromatic carbocycles. The lowest BCUT2D eigenvalue weighted by molar-refractivity contribution is -0.115. The van der Waals surface area contributed by atoms with Gasteiger partial charge in [-0.1, -0.05) is 30.3 Å². The van der Waals surface area contributed by atoms with E-state index in [1.165, 1.54) is 5.56 Å². The van der Waals surface area contributed by atoms with Crippen LogP contribution in [0.25, 0.3) is 0 Å². The van der Waals surface area contributed by atoms with Crippen molar-refractivity contribution < 1.29 is 4.74 Å². The van der Waals surface area contributed by atoms with Crippen molar-refractivity contribution >= 4 is 0 Å². The normalized spacial score (nSPS) is 19.9. The van der Waals surface area contributed by atoms with Crippen molar-refractivity contribution in [2.45, 2.75) is 6.04 Å². The molecule has 1 aromatic rings. The largest absolute Gasteiger partial charge is 0.378 e. The van der Waals surface area contributed by atoms with Crippen molar-refractivity contribution in [1.82, 2.24) is 4.90 Å². The van der Waals surface area contributed by atoms with Gasteiger partial charge in [-0.05, 0) is 19.7 Å². The first kappa shape index (κ1) is 11.1. The molecule has 0 aliphatic carbocycles. The first-order valence-corrected chi connectivity index (χ1v) is 5.40. The van der Waals surface area contributed by atoms with Crippen LogP contribution >= 0.6 is 0 Å². The van der Waals surface area contributed by atoms with Crippen LogP contribution in [0.5, 0.6) is 0 Å². The van der Waals surface area contributed by atoms with Crippen LogP contribution in [0.2, 0.25) is 0 Å². The minimum atomic E-state index is -0.384. The van der Waals surface area contributed by atoms with Crippen molar-refractivity contribution in [1.29, 1.82) is 5.26 Å². The van der Waals surface area contributed by atoms with Crippen LogP contribution in [0.15, 0.2) is 30.3 Å². The van der Waals surface area contributed by atoms with Gasteiger partial charge >= 0.3 is 0 Å². The molecule has 0 bridgehead atoms. The Morgan fingerprint density at radius 1 is 1.31 bits per heavy atom. The molecule has 0 amide bonds. The summed E-state index contributed by atoms with van der Waals surface area (Å²) in [5.74, 6) is 0. The minimum absolute atomic E-state index is 0.104. The number of nitriles is 1. The number of hydrogen-bond acceptors (Lipinski definition) is 3. The Hall–Kier alpha value is -1.37. The quantitative estimate of drug-likeness (QED) is 0.773. The van der Waals surface area contributed by atoms with Gasteiger partial charge in [0.25, 0.3) is 0 Å².